The van der Waals surface area contributed by atoms with Crippen molar-refractivity contribution in [3.05, 3.63) is 59.5 Å². The number of nitrogens with zero attached hydrogens (tertiary/aromatic N) is 2. The zero-order valence-corrected chi connectivity index (χ0v) is 17.2. The van der Waals surface area contributed by atoms with Crippen molar-refractivity contribution in [3.63, 3.8) is 0 Å². The molecular formula is C21H23N3O4S. The first-order valence-electron chi connectivity index (χ1n) is 9.59. The van der Waals surface area contributed by atoms with Gasteiger partial charge in [0.1, 0.15) is 10.6 Å². The maximum absolute atomic E-state index is 13.0. The molecule has 1 aliphatic heterocycles. The van der Waals surface area contributed by atoms with E-state index in [1.807, 2.05) is 42.5 Å². The molecule has 2 heterocycles. The summed E-state index contributed by atoms with van der Waals surface area (Å²) < 4.78 is 33.1. The predicted molar refractivity (Wildman–Crippen MR) is 109 cm³/mol. The van der Waals surface area contributed by atoms with Crippen LogP contribution in [-0.4, -0.2) is 43.5 Å². The average Bonchev–Trinajstić information content (AvgIpc) is 3.06. The maximum atomic E-state index is 13.0. The molecule has 152 valence electrons. The number of likely N-dealkylation sites (tertiary alicyclic amines) is 1. The van der Waals surface area contributed by atoms with Gasteiger partial charge < -0.3 is 9.42 Å². The van der Waals surface area contributed by atoms with Crippen molar-refractivity contribution in [3.8, 4) is 0 Å². The third-order valence-corrected chi connectivity index (χ3v) is 7.12. The van der Waals surface area contributed by atoms with Gasteiger partial charge in [-0.3, -0.25) is 4.79 Å². The summed E-state index contributed by atoms with van der Waals surface area (Å²) in [6.45, 7) is 4.18. The summed E-state index contributed by atoms with van der Waals surface area (Å²) in [6.07, 6.45) is 1.11. The predicted octanol–water partition coefficient (Wildman–Crippen LogP) is 3.03. The molecule has 1 aromatic heterocycles. The maximum Gasteiger partial charge on any atom is 0.254 e. The van der Waals surface area contributed by atoms with E-state index in [0.29, 0.717) is 37.2 Å². The first-order valence-corrected chi connectivity index (χ1v) is 11.1. The van der Waals surface area contributed by atoms with Crippen LogP contribution in [0.1, 0.15) is 34.7 Å². The van der Waals surface area contributed by atoms with Gasteiger partial charge in [0.25, 0.3) is 5.91 Å². The van der Waals surface area contributed by atoms with Gasteiger partial charge in [0, 0.05) is 24.7 Å². The van der Waals surface area contributed by atoms with Crippen molar-refractivity contribution in [1.29, 1.82) is 0 Å². The molecule has 1 fully saturated rings. The molecule has 1 aliphatic rings. The van der Waals surface area contributed by atoms with Crippen LogP contribution in [0, 0.1) is 13.8 Å². The van der Waals surface area contributed by atoms with E-state index < -0.39 is 10.0 Å². The fourth-order valence-corrected chi connectivity index (χ4v) is 5.55. The number of amides is 1. The number of benzene rings is 2. The Morgan fingerprint density at radius 3 is 2.48 bits per heavy atom. The van der Waals surface area contributed by atoms with Gasteiger partial charge in [-0.2, -0.15) is 0 Å². The summed E-state index contributed by atoms with van der Waals surface area (Å²) in [7, 11) is -3.71. The Labute approximate surface area is 169 Å². The zero-order valence-electron chi connectivity index (χ0n) is 16.4. The van der Waals surface area contributed by atoms with Gasteiger partial charge in [0.2, 0.25) is 10.0 Å². The molecule has 0 spiro atoms. The highest BCUT2D eigenvalue weighted by Gasteiger charge is 2.30. The summed E-state index contributed by atoms with van der Waals surface area (Å²) in [4.78, 5) is 14.9. The first-order chi connectivity index (χ1) is 13.9. The molecule has 1 N–H and O–H groups in total. The van der Waals surface area contributed by atoms with Gasteiger partial charge in [-0.15, -0.1) is 0 Å². The highest BCUT2D eigenvalue weighted by molar-refractivity contribution is 7.89. The number of rotatable bonds is 4. The van der Waals surface area contributed by atoms with Crippen LogP contribution in [0.2, 0.25) is 0 Å². The van der Waals surface area contributed by atoms with Crippen molar-refractivity contribution in [2.75, 3.05) is 13.1 Å². The zero-order chi connectivity index (χ0) is 20.6. The molecule has 2 aromatic carbocycles. The van der Waals surface area contributed by atoms with E-state index in [9.17, 15) is 13.2 Å². The number of hydrogen-bond donors (Lipinski definition) is 1. The van der Waals surface area contributed by atoms with Crippen LogP contribution in [0.3, 0.4) is 0 Å². The highest BCUT2D eigenvalue weighted by Crippen LogP contribution is 2.24. The third kappa shape index (κ3) is 3.77. The molecule has 29 heavy (non-hydrogen) atoms. The second-order valence-corrected chi connectivity index (χ2v) is 9.02. The van der Waals surface area contributed by atoms with E-state index in [0.717, 1.165) is 10.8 Å². The first kappa shape index (κ1) is 19.6. The van der Waals surface area contributed by atoms with Crippen LogP contribution in [0.4, 0.5) is 0 Å². The van der Waals surface area contributed by atoms with Crippen LogP contribution in [0.15, 0.2) is 51.9 Å². The SMILES string of the molecule is Cc1noc(C)c1S(=O)(=O)NC1CCN(C(=O)c2cccc3ccccc23)CC1. The Bertz CT molecular complexity index is 1140. The van der Waals surface area contributed by atoms with E-state index >= 15 is 0 Å². The van der Waals surface area contributed by atoms with Crippen molar-refractivity contribution in [2.24, 2.45) is 0 Å². The Kier molecular flexibility index (Phi) is 5.14. The van der Waals surface area contributed by atoms with Crippen LogP contribution < -0.4 is 4.72 Å². The lowest BCUT2D eigenvalue weighted by molar-refractivity contribution is 0.0713. The highest BCUT2D eigenvalue weighted by atomic mass is 32.2. The number of aryl methyl sites for hydroxylation is 2. The van der Waals surface area contributed by atoms with E-state index in [2.05, 4.69) is 9.88 Å². The van der Waals surface area contributed by atoms with Crippen molar-refractivity contribution < 1.29 is 17.7 Å². The summed E-state index contributed by atoms with van der Waals surface area (Å²) in [5, 5.41) is 5.68. The normalized spacial score (nSPS) is 15.7. The van der Waals surface area contributed by atoms with E-state index in [1.165, 1.54) is 0 Å². The lowest BCUT2D eigenvalue weighted by atomic mass is 10.0. The second kappa shape index (κ2) is 7.61. The standard InChI is InChI=1S/C21H23N3O4S/c1-14-20(15(2)28-22-14)29(26,27)23-17-10-12-24(13-11-17)21(25)19-9-5-7-16-6-3-4-8-18(16)19/h3-9,17,23H,10-13H2,1-2H3. The largest absolute Gasteiger partial charge is 0.360 e. The average molecular weight is 413 g/mol. The molecule has 0 saturated carbocycles. The number of piperidine rings is 1. The molecule has 3 aromatic rings. The molecule has 7 nitrogen and oxygen atoms in total. The number of carbonyl (C=O) groups excluding carboxylic acids is 1. The molecule has 1 saturated heterocycles. The monoisotopic (exact) mass is 413 g/mol. The number of nitrogens with one attached hydrogen (secondary N) is 1. The minimum atomic E-state index is -3.71. The minimum Gasteiger partial charge on any atom is -0.360 e. The molecular weight excluding hydrogens is 390 g/mol. The van der Waals surface area contributed by atoms with Gasteiger partial charge >= 0.3 is 0 Å². The topological polar surface area (TPSA) is 92.5 Å². The van der Waals surface area contributed by atoms with Crippen LogP contribution in [0.25, 0.3) is 10.8 Å². The summed E-state index contributed by atoms with van der Waals surface area (Å²) in [5.74, 6) is 0.257. The summed E-state index contributed by atoms with van der Waals surface area (Å²) in [6, 6.07) is 13.3. The molecule has 0 atom stereocenters. The van der Waals surface area contributed by atoms with Crippen LogP contribution in [0.5, 0.6) is 0 Å². The molecule has 0 radical (unpaired) electrons. The fourth-order valence-electron chi connectivity index (χ4n) is 3.92. The van der Waals surface area contributed by atoms with Crippen molar-refractivity contribution in [2.45, 2.75) is 37.6 Å². The van der Waals surface area contributed by atoms with Gasteiger partial charge in [0.15, 0.2) is 5.76 Å². The van der Waals surface area contributed by atoms with Gasteiger partial charge in [-0.05, 0) is 43.5 Å². The molecule has 4 rings (SSSR count). The van der Waals surface area contributed by atoms with Gasteiger partial charge in [-0.1, -0.05) is 41.6 Å². The molecule has 1 amide bonds. The Morgan fingerprint density at radius 1 is 1.10 bits per heavy atom. The van der Waals surface area contributed by atoms with Crippen molar-refractivity contribution in [1.82, 2.24) is 14.8 Å². The number of carbonyl (C=O) groups is 1. The van der Waals surface area contributed by atoms with E-state index in [4.69, 9.17) is 4.52 Å². The third-order valence-electron chi connectivity index (χ3n) is 5.36. The van der Waals surface area contributed by atoms with E-state index in [1.54, 1.807) is 18.7 Å². The Morgan fingerprint density at radius 2 is 1.79 bits per heavy atom. The lowest BCUT2D eigenvalue weighted by Crippen LogP contribution is -2.46. The molecule has 0 aliphatic carbocycles. The quantitative estimate of drug-likeness (QED) is 0.710. The second-order valence-electron chi connectivity index (χ2n) is 7.37. The molecule has 0 bridgehead atoms. The van der Waals surface area contributed by atoms with Crippen LogP contribution in [-0.2, 0) is 10.0 Å². The smallest absolute Gasteiger partial charge is 0.254 e. The van der Waals surface area contributed by atoms with Gasteiger partial charge in [0.05, 0.1) is 0 Å². The van der Waals surface area contributed by atoms with E-state index in [-0.39, 0.29) is 22.6 Å². The number of hydrogen-bond acceptors (Lipinski definition) is 5. The Balaban J connectivity index is 1.45. The lowest BCUT2D eigenvalue weighted by Gasteiger charge is -2.32. The Hall–Kier alpha value is -2.71. The summed E-state index contributed by atoms with van der Waals surface area (Å²) >= 11 is 0. The minimum absolute atomic E-state index is 0.0196. The number of fused-ring (bicyclic) bond motifs is 1. The molecule has 8 heteroatoms. The molecule has 0 unspecified atom stereocenters. The summed E-state index contributed by atoms with van der Waals surface area (Å²) in [5.41, 5.74) is 1.02. The number of sulfonamides is 1. The van der Waals surface area contributed by atoms with Crippen LogP contribution >= 0.6 is 0 Å². The number of aromatic nitrogens is 1. The van der Waals surface area contributed by atoms with Crippen molar-refractivity contribution >= 4 is 26.7 Å². The van der Waals surface area contributed by atoms with Gasteiger partial charge in [-0.25, -0.2) is 13.1 Å². The fraction of sp³-hybridized carbons (Fsp3) is 0.333.